The largest absolute Gasteiger partial charge is 0.491 e. The van der Waals surface area contributed by atoms with E-state index < -0.39 is 23.9 Å². The number of hydrogen-bond donors (Lipinski definition) is 2. The van der Waals surface area contributed by atoms with Crippen molar-refractivity contribution in [3.63, 3.8) is 0 Å². The lowest BCUT2D eigenvalue weighted by atomic mass is 9.90. The molecule has 1 fully saturated rings. The maximum atomic E-state index is 12.8. The van der Waals surface area contributed by atoms with Crippen molar-refractivity contribution in [2.24, 2.45) is 11.8 Å². The molecule has 2 N–H and O–H groups in total. The molecule has 4 atom stereocenters. The van der Waals surface area contributed by atoms with Crippen LogP contribution in [-0.2, 0) is 11.0 Å². The van der Waals surface area contributed by atoms with Gasteiger partial charge in [-0.05, 0) is 69.1 Å². The number of aliphatic hydroxyl groups excluding tert-OH is 2. The first kappa shape index (κ1) is 25.1. The molecule has 0 spiro atoms. The number of Topliss-reactive ketones (excluding diaryl/α,β-unsaturated/α-hetero) is 1. The van der Waals surface area contributed by atoms with E-state index in [9.17, 15) is 28.2 Å². The number of carbonyl (C=O) groups excluding carboxylic acids is 1. The van der Waals surface area contributed by atoms with Gasteiger partial charge < -0.3 is 19.7 Å². The van der Waals surface area contributed by atoms with E-state index in [-0.39, 0.29) is 30.0 Å². The third-order valence-electron chi connectivity index (χ3n) is 5.48. The van der Waals surface area contributed by atoms with Crippen LogP contribution in [0.4, 0.5) is 13.2 Å². The molecule has 1 aromatic rings. The lowest BCUT2D eigenvalue weighted by Gasteiger charge is -2.18. The SMILES string of the molecule is CC(=O)CCC/C=C\C[C@H]1[C@@H](O)CC[C@@H]1/C=C/[C@@H](O)COc1cccc(C(F)(F)F)c1. The fraction of sp³-hybridized carbons (Fsp3) is 0.542. The van der Waals surface area contributed by atoms with Crippen molar-refractivity contribution in [3.05, 3.63) is 54.1 Å². The number of ether oxygens (including phenoxy) is 1. The van der Waals surface area contributed by atoms with Crippen LogP contribution >= 0.6 is 0 Å². The van der Waals surface area contributed by atoms with Crippen LogP contribution in [0.25, 0.3) is 0 Å². The fourth-order valence-electron chi connectivity index (χ4n) is 3.76. The molecule has 0 bridgehead atoms. The summed E-state index contributed by atoms with van der Waals surface area (Å²) >= 11 is 0. The zero-order valence-corrected chi connectivity index (χ0v) is 17.7. The number of ketones is 1. The lowest BCUT2D eigenvalue weighted by molar-refractivity contribution is -0.137. The second kappa shape index (κ2) is 12.1. The van der Waals surface area contributed by atoms with Gasteiger partial charge in [0.05, 0.1) is 11.7 Å². The van der Waals surface area contributed by atoms with Crippen molar-refractivity contribution in [1.82, 2.24) is 0 Å². The van der Waals surface area contributed by atoms with Crippen LogP contribution in [0.1, 0.15) is 51.0 Å². The molecule has 172 valence electrons. The number of aliphatic hydroxyl groups is 2. The van der Waals surface area contributed by atoms with Crippen LogP contribution in [0.15, 0.2) is 48.6 Å². The second-order valence-electron chi connectivity index (χ2n) is 8.06. The molecule has 0 heterocycles. The predicted molar refractivity (Wildman–Crippen MR) is 113 cm³/mol. The minimum atomic E-state index is -4.45. The van der Waals surface area contributed by atoms with E-state index in [4.69, 9.17) is 4.74 Å². The van der Waals surface area contributed by atoms with E-state index in [0.717, 1.165) is 31.4 Å². The number of halogens is 3. The summed E-state index contributed by atoms with van der Waals surface area (Å²) in [6.07, 6.45) is 6.13. The second-order valence-corrected chi connectivity index (χ2v) is 8.06. The van der Waals surface area contributed by atoms with Gasteiger partial charge in [-0.15, -0.1) is 0 Å². The molecule has 4 nitrogen and oxygen atoms in total. The van der Waals surface area contributed by atoms with Gasteiger partial charge in [0.2, 0.25) is 0 Å². The summed E-state index contributed by atoms with van der Waals surface area (Å²) < 4.78 is 43.6. The molecule has 0 radical (unpaired) electrons. The quantitative estimate of drug-likeness (QED) is 0.371. The Morgan fingerprint density at radius 2 is 2.06 bits per heavy atom. The summed E-state index contributed by atoms with van der Waals surface area (Å²) in [5.41, 5.74) is -0.799. The van der Waals surface area contributed by atoms with Gasteiger partial charge in [-0.2, -0.15) is 13.2 Å². The highest BCUT2D eigenvalue weighted by molar-refractivity contribution is 5.75. The molecule has 0 aliphatic heterocycles. The number of unbranched alkanes of at least 4 members (excludes halogenated alkanes) is 1. The van der Waals surface area contributed by atoms with Gasteiger partial charge in [-0.25, -0.2) is 0 Å². The Morgan fingerprint density at radius 3 is 2.77 bits per heavy atom. The molecule has 2 rings (SSSR count). The molecular weight excluding hydrogens is 409 g/mol. The lowest BCUT2D eigenvalue weighted by Crippen LogP contribution is -2.19. The number of hydrogen-bond acceptors (Lipinski definition) is 4. The molecule has 1 aromatic carbocycles. The Labute approximate surface area is 181 Å². The highest BCUT2D eigenvalue weighted by Crippen LogP contribution is 2.36. The molecule has 1 aliphatic carbocycles. The summed E-state index contributed by atoms with van der Waals surface area (Å²) in [6, 6.07) is 4.55. The molecule has 0 unspecified atom stereocenters. The summed E-state index contributed by atoms with van der Waals surface area (Å²) in [5.74, 6) is 0.392. The van der Waals surface area contributed by atoms with Crippen LogP contribution in [0.3, 0.4) is 0 Å². The third-order valence-corrected chi connectivity index (χ3v) is 5.48. The van der Waals surface area contributed by atoms with Crippen LogP contribution in [-0.4, -0.2) is 34.8 Å². The highest BCUT2D eigenvalue weighted by Gasteiger charge is 2.32. The maximum Gasteiger partial charge on any atom is 0.416 e. The van der Waals surface area contributed by atoms with Gasteiger partial charge >= 0.3 is 6.18 Å². The number of allylic oxidation sites excluding steroid dienone is 3. The highest BCUT2D eigenvalue weighted by atomic mass is 19.4. The van der Waals surface area contributed by atoms with Crippen molar-refractivity contribution in [3.8, 4) is 5.75 Å². The first-order valence-electron chi connectivity index (χ1n) is 10.7. The van der Waals surface area contributed by atoms with Gasteiger partial charge in [0.25, 0.3) is 0 Å². The molecule has 0 aromatic heterocycles. The number of alkyl halides is 3. The third kappa shape index (κ3) is 8.87. The summed E-state index contributed by atoms with van der Waals surface area (Å²) in [6.45, 7) is 1.42. The van der Waals surface area contributed by atoms with Crippen molar-refractivity contribution < 1.29 is 32.9 Å². The van der Waals surface area contributed by atoms with Gasteiger partial charge in [-0.1, -0.05) is 30.4 Å². The van der Waals surface area contributed by atoms with E-state index in [1.165, 1.54) is 12.1 Å². The monoisotopic (exact) mass is 440 g/mol. The maximum absolute atomic E-state index is 12.8. The van der Waals surface area contributed by atoms with Gasteiger partial charge in [0.1, 0.15) is 24.2 Å². The first-order valence-corrected chi connectivity index (χ1v) is 10.7. The number of rotatable bonds is 11. The summed E-state index contributed by atoms with van der Waals surface area (Å²) in [7, 11) is 0. The minimum absolute atomic E-state index is 0.0475. The van der Waals surface area contributed by atoms with Crippen LogP contribution in [0.5, 0.6) is 5.75 Å². The van der Waals surface area contributed by atoms with Gasteiger partial charge in [-0.3, -0.25) is 0 Å². The minimum Gasteiger partial charge on any atom is -0.491 e. The van der Waals surface area contributed by atoms with Crippen LogP contribution < -0.4 is 4.74 Å². The molecule has 0 saturated heterocycles. The topological polar surface area (TPSA) is 66.8 Å². The fourth-order valence-corrected chi connectivity index (χ4v) is 3.76. The van der Waals surface area contributed by atoms with E-state index in [2.05, 4.69) is 0 Å². The van der Waals surface area contributed by atoms with E-state index in [1.807, 2.05) is 18.2 Å². The first-order chi connectivity index (χ1) is 14.7. The van der Waals surface area contributed by atoms with Crippen molar-refractivity contribution in [2.45, 2.75) is 63.8 Å². The van der Waals surface area contributed by atoms with Crippen LogP contribution in [0.2, 0.25) is 0 Å². The Hall–Kier alpha value is -2.12. The average Bonchev–Trinajstić information content (AvgIpc) is 3.06. The van der Waals surface area contributed by atoms with Crippen molar-refractivity contribution in [2.75, 3.05) is 6.61 Å². The van der Waals surface area contributed by atoms with E-state index in [1.54, 1.807) is 13.0 Å². The van der Waals surface area contributed by atoms with Crippen LogP contribution in [0, 0.1) is 11.8 Å². The summed E-state index contributed by atoms with van der Waals surface area (Å²) in [5, 5.41) is 20.4. The van der Waals surface area contributed by atoms with Crippen molar-refractivity contribution in [1.29, 1.82) is 0 Å². The Morgan fingerprint density at radius 1 is 1.29 bits per heavy atom. The Bertz CT molecular complexity index is 757. The normalized spacial score (nSPS) is 23.0. The standard InChI is InChI=1S/C24H31F3O4/c1-17(28)7-4-2-3-5-10-22-18(12-14-23(22)30)11-13-20(29)16-31-21-9-6-8-19(15-21)24(25,26)27/h3,5-6,8-9,11,13,15,18,20,22-23,29-30H,2,4,7,10,12,14,16H2,1H3/b5-3-,13-11+/t18-,20+,22+,23-/m0/s1. The smallest absolute Gasteiger partial charge is 0.416 e. The number of benzene rings is 1. The average molecular weight is 441 g/mol. The molecule has 1 aliphatic rings. The Kier molecular flexibility index (Phi) is 9.78. The number of carbonyl (C=O) groups is 1. The predicted octanol–water partition coefficient (Wildman–Crippen LogP) is 5.09. The molecule has 0 amide bonds. The molecular formula is C24H31F3O4. The molecule has 31 heavy (non-hydrogen) atoms. The van der Waals surface area contributed by atoms with Crippen molar-refractivity contribution >= 4 is 5.78 Å². The van der Waals surface area contributed by atoms with E-state index in [0.29, 0.717) is 19.3 Å². The molecule has 1 saturated carbocycles. The zero-order chi connectivity index (χ0) is 22.9. The van der Waals surface area contributed by atoms with Gasteiger partial charge in [0, 0.05) is 6.42 Å². The Balaban J connectivity index is 1.81. The van der Waals surface area contributed by atoms with E-state index >= 15 is 0 Å². The summed E-state index contributed by atoms with van der Waals surface area (Å²) in [4.78, 5) is 10.9. The van der Waals surface area contributed by atoms with Gasteiger partial charge in [0.15, 0.2) is 0 Å². The zero-order valence-electron chi connectivity index (χ0n) is 17.7. The molecule has 7 heteroatoms.